The molecule has 2 aromatic carbocycles. The van der Waals surface area contributed by atoms with Crippen LogP contribution >= 0.6 is 0 Å². The van der Waals surface area contributed by atoms with E-state index < -0.39 is 5.82 Å². The lowest BCUT2D eigenvalue weighted by Crippen LogP contribution is -2.41. The molecule has 0 saturated carbocycles. The number of benzene rings is 2. The van der Waals surface area contributed by atoms with Crippen molar-refractivity contribution < 1.29 is 14.0 Å². The van der Waals surface area contributed by atoms with Gasteiger partial charge in [-0.25, -0.2) is 4.39 Å². The lowest BCUT2D eigenvalue weighted by Gasteiger charge is -2.31. The molecule has 0 spiro atoms. The number of nitrogens with zero attached hydrogens (tertiary/aromatic N) is 2. The van der Waals surface area contributed by atoms with Gasteiger partial charge >= 0.3 is 0 Å². The van der Waals surface area contributed by atoms with Crippen molar-refractivity contribution in [1.82, 2.24) is 4.90 Å². The van der Waals surface area contributed by atoms with Crippen molar-refractivity contribution in [2.75, 3.05) is 18.4 Å². The molecule has 3 rings (SSSR count). The molecule has 1 fully saturated rings. The number of nitrogens with one attached hydrogen (secondary N) is 1. The number of carbonyl (C=O) groups excluding carboxylic acids is 2. The van der Waals surface area contributed by atoms with Crippen LogP contribution in [0.25, 0.3) is 0 Å². The van der Waals surface area contributed by atoms with E-state index in [1.165, 1.54) is 12.1 Å². The van der Waals surface area contributed by atoms with Crippen LogP contribution in [0.3, 0.4) is 0 Å². The maximum Gasteiger partial charge on any atom is 0.256 e. The summed E-state index contributed by atoms with van der Waals surface area (Å²) in [5.74, 6) is -1.17. The first-order chi connectivity index (χ1) is 12.6. The average Bonchev–Trinajstić information content (AvgIpc) is 2.68. The second kappa shape index (κ2) is 7.79. The molecule has 0 radical (unpaired) electrons. The monoisotopic (exact) mass is 351 g/mol. The number of carbonyl (C=O) groups is 2. The maximum absolute atomic E-state index is 13.8. The number of nitriles is 1. The molecule has 26 heavy (non-hydrogen) atoms. The van der Waals surface area contributed by atoms with E-state index in [0.29, 0.717) is 37.2 Å². The molecule has 0 atom stereocenters. The summed E-state index contributed by atoms with van der Waals surface area (Å²) in [6.45, 7) is 0.831. The third-order valence-corrected chi connectivity index (χ3v) is 4.54. The largest absolute Gasteiger partial charge is 0.339 e. The smallest absolute Gasteiger partial charge is 0.256 e. The summed E-state index contributed by atoms with van der Waals surface area (Å²) in [5, 5.41) is 11.6. The highest BCUT2D eigenvalue weighted by molar-refractivity contribution is 5.95. The zero-order valence-electron chi connectivity index (χ0n) is 14.1. The summed E-state index contributed by atoms with van der Waals surface area (Å²) in [6, 6.07) is 14.6. The van der Waals surface area contributed by atoms with Crippen molar-refractivity contribution in [1.29, 1.82) is 5.26 Å². The van der Waals surface area contributed by atoms with E-state index in [1.807, 2.05) is 6.07 Å². The predicted molar refractivity (Wildman–Crippen MR) is 94.8 cm³/mol. The van der Waals surface area contributed by atoms with E-state index >= 15 is 0 Å². The van der Waals surface area contributed by atoms with Crippen LogP contribution in [0.4, 0.5) is 10.1 Å². The highest BCUT2D eigenvalue weighted by atomic mass is 19.1. The van der Waals surface area contributed by atoms with Gasteiger partial charge in [-0.15, -0.1) is 0 Å². The molecule has 0 aliphatic carbocycles. The molecule has 2 aromatic rings. The summed E-state index contributed by atoms with van der Waals surface area (Å²) in [6.07, 6.45) is 1.06. The van der Waals surface area contributed by atoms with E-state index in [2.05, 4.69) is 5.32 Å². The Morgan fingerprint density at radius 1 is 1.08 bits per heavy atom. The van der Waals surface area contributed by atoms with Gasteiger partial charge in [0.05, 0.1) is 17.2 Å². The summed E-state index contributed by atoms with van der Waals surface area (Å²) in [7, 11) is 0. The van der Waals surface area contributed by atoms with E-state index in [4.69, 9.17) is 5.26 Å². The minimum absolute atomic E-state index is 0.0629. The van der Waals surface area contributed by atoms with Crippen LogP contribution in [0, 0.1) is 23.1 Å². The Hall–Kier alpha value is -3.20. The van der Waals surface area contributed by atoms with Crippen molar-refractivity contribution in [3.8, 4) is 6.07 Å². The van der Waals surface area contributed by atoms with Gasteiger partial charge in [0, 0.05) is 24.7 Å². The second-order valence-electron chi connectivity index (χ2n) is 6.22. The molecule has 6 heteroatoms. The Labute approximate surface area is 151 Å². The first kappa shape index (κ1) is 17.6. The van der Waals surface area contributed by atoms with Gasteiger partial charge in [-0.3, -0.25) is 9.59 Å². The molecule has 1 aliphatic heterocycles. The average molecular weight is 351 g/mol. The third-order valence-electron chi connectivity index (χ3n) is 4.54. The number of amides is 2. The summed E-state index contributed by atoms with van der Waals surface area (Å²) in [5.41, 5.74) is 1.23. The third kappa shape index (κ3) is 3.89. The minimum Gasteiger partial charge on any atom is -0.339 e. The Kier molecular flexibility index (Phi) is 5.28. The number of hydrogen-bond acceptors (Lipinski definition) is 3. The highest BCUT2D eigenvalue weighted by Gasteiger charge is 2.28. The number of anilines is 1. The van der Waals surface area contributed by atoms with Crippen molar-refractivity contribution in [2.24, 2.45) is 5.92 Å². The molecule has 1 saturated heterocycles. The molecule has 5 nitrogen and oxygen atoms in total. The molecule has 1 aliphatic rings. The van der Waals surface area contributed by atoms with Crippen LogP contribution in [-0.4, -0.2) is 29.8 Å². The Morgan fingerprint density at radius 3 is 2.35 bits per heavy atom. The zero-order valence-corrected chi connectivity index (χ0v) is 14.1. The van der Waals surface area contributed by atoms with Crippen molar-refractivity contribution in [3.05, 3.63) is 65.5 Å². The highest BCUT2D eigenvalue weighted by Crippen LogP contribution is 2.22. The molecule has 132 valence electrons. The Morgan fingerprint density at radius 2 is 1.73 bits per heavy atom. The van der Waals surface area contributed by atoms with Gasteiger partial charge in [0.25, 0.3) is 5.91 Å². The van der Waals surface area contributed by atoms with E-state index in [9.17, 15) is 14.0 Å². The zero-order chi connectivity index (χ0) is 18.5. The molecule has 2 amide bonds. The first-order valence-electron chi connectivity index (χ1n) is 8.43. The van der Waals surface area contributed by atoms with E-state index in [1.54, 1.807) is 41.3 Å². The van der Waals surface area contributed by atoms with Gasteiger partial charge in [0.1, 0.15) is 5.82 Å². The molecular formula is C20H18FN3O2. The summed E-state index contributed by atoms with van der Waals surface area (Å²) < 4.78 is 13.8. The van der Waals surface area contributed by atoms with Gasteiger partial charge in [-0.05, 0) is 49.2 Å². The topological polar surface area (TPSA) is 73.2 Å². The van der Waals surface area contributed by atoms with Crippen LogP contribution in [0.1, 0.15) is 28.8 Å². The van der Waals surface area contributed by atoms with Crippen LogP contribution in [0.5, 0.6) is 0 Å². The van der Waals surface area contributed by atoms with Gasteiger partial charge in [0.2, 0.25) is 5.91 Å². The fourth-order valence-electron chi connectivity index (χ4n) is 3.02. The van der Waals surface area contributed by atoms with Gasteiger partial charge < -0.3 is 10.2 Å². The van der Waals surface area contributed by atoms with Crippen molar-refractivity contribution in [3.63, 3.8) is 0 Å². The quantitative estimate of drug-likeness (QED) is 0.923. The molecule has 1 N–H and O–H groups in total. The van der Waals surface area contributed by atoms with Gasteiger partial charge in [-0.1, -0.05) is 12.1 Å². The van der Waals surface area contributed by atoms with Crippen LogP contribution in [0.2, 0.25) is 0 Å². The second-order valence-corrected chi connectivity index (χ2v) is 6.22. The van der Waals surface area contributed by atoms with Gasteiger partial charge in [0.15, 0.2) is 0 Å². The van der Waals surface area contributed by atoms with E-state index in [-0.39, 0.29) is 23.3 Å². The lowest BCUT2D eigenvalue weighted by atomic mass is 9.95. The number of halogens is 1. The minimum atomic E-state index is -0.529. The predicted octanol–water partition coefficient (Wildman–Crippen LogP) is 3.19. The Balaban J connectivity index is 1.56. The normalized spacial score (nSPS) is 14.5. The van der Waals surface area contributed by atoms with Crippen LogP contribution in [-0.2, 0) is 4.79 Å². The fraction of sp³-hybridized carbons (Fsp3) is 0.250. The van der Waals surface area contributed by atoms with Crippen molar-refractivity contribution in [2.45, 2.75) is 12.8 Å². The molecular weight excluding hydrogens is 333 g/mol. The summed E-state index contributed by atoms with van der Waals surface area (Å²) in [4.78, 5) is 26.4. The molecule has 0 bridgehead atoms. The SMILES string of the molecule is N#Cc1ccc(NC(=O)C2CCN(C(=O)c3ccccc3F)CC2)cc1. The molecule has 0 unspecified atom stereocenters. The lowest BCUT2D eigenvalue weighted by molar-refractivity contribution is -0.121. The fourth-order valence-corrected chi connectivity index (χ4v) is 3.02. The van der Waals surface area contributed by atoms with E-state index in [0.717, 1.165) is 0 Å². The standard InChI is InChI=1S/C20H18FN3O2/c21-18-4-2-1-3-17(18)20(26)24-11-9-15(10-12-24)19(25)23-16-7-5-14(13-22)6-8-16/h1-8,15H,9-12H2,(H,23,25). The molecule has 1 heterocycles. The first-order valence-corrected chi connectivity index (χ1v) is 8.43. The Bertz CT molecular complexity index is 850. The van der Waals surface area contributed by atoms with Crippen molar-refractivity contribution >= 4 is 17.5 Å². The van der Waals surface area contributed by atoms with Gasteiger partial charge in [-0.2, -0.15) is 5.26 Å². The number of rotatable bonds is 3. The van der Waals surface area contributed by atoms with Crippen LogP contribution < -0.4 is 5.32 Å². The van der Waals surface area contributed by atoms with Crippen LogP contribution in [0.15, 0.2) is 48.5 Å². The maximum atomic E-state index is 13.8. The molecule has 0 aromatic heterocycles. The summed E-state index contributed by atoms with van der Waals surface area (Å²) >= 11 is 0. The number of likely N-dealkylation sites (tertiary alicyclic amines) is 1. The number of hydrogen-bond donors (Lipinski definition) is 1. The number of piperidine rings is 1.